The highest BCUT2D eigenvalue weighted by atomic mass is 16.2. The van der Waals surface area contributed by atoms with E-state index in [2.05, 4.69) is 10.6 Å². The Kier molecular flexibility index (Phi) is 5.16. The Labute approximate surface area is 158 Å². The van der Waals surface area contributed by atoms with Gasteiger partial charge in [0.25, 0.3) is 5.56 Å². The number of nitrogens with one attached hydrogen (secondary N) is 2. The lowest BCUT2D eigenvalue weighted by atomic mass is 10.1. The predicted molar refractivity (Wildman–Crippen MR) is 109 cm³/mol. The van der Waals surface area contributed by atoms with Gasteiger partial charge in [-0.05, 0) is 50.1 Å². The first-order valence-electron chi connectivity index (χ1n) is 8.83. The van der Waals surface area contributed by atoms with Crippen LogP contribution in [0, 0.1) is 20.8 Å². The van der Waals surface area contributed by atoms with Crippen molar-refractivity contribution in [3.8, 4) is 5.69 Å². The van der Waals surface area contributed by atoms with Gasteiger partial charge in [0.1, 0.15) is 5.69 Å². The Morgan fingerprint density at radius 2 is 1.74 bits per heavy atom. The van der Waals surface area contributed by atoms with Crippen LogP contribution in [0.4, 0.5) is 11.4 Å². The average Bonchev–Trinajstić information content (AvgIpc) is 2.86. The highest BCUT2D eigenvalue weighted by molar-refractivity contribution is 5.94. The number of hydrogen-bond donors (Lipinski definition) is 2. The van der Waals surface area contributed by atoms with Crippen molar-refractivity contribution in [3.05, 3.63) is 75.7 Å². The molecule has 0 fully saturated rings. The number of para-hydroxylation sites is 1. The number of carbonyl (C=O) groups is 1. The van der Waals surface area contributed by atoms with Gasteiger partial charge in [-0.25, -0.2) is 4.68 Å². The molecule has 0 aliphatic carbocycles. The summed E-state index contributed by atoms with van der Waals surface area (Å²) in [6.07, 6.45) is 0. The van der Waals surface area contributed by atoms with Crippen LogP contribution < -0.4 is 16.2 Å². The molecule has 0 unspecified atom stereocenters. The van der Waals surface area contributed by atoms with Crippen LogP contribution in [-0.2, 0) is 11.8 Å². The lowest BCUT2D eigenvalue weighted by molar-refractivity contribution is -0.114. The zero-order valence-corrected chi connectivity index (χ0v) is 16.0. The molecule has 0 atom stereocenters. The number of carbonyl (C=O) groups excluding carboxylic acids is 1. The Morgan fingerprint density at radius 1 is 1.04 bits per heavy atom. The van der Waals surface area contributed by atoms with Crippen molar-refractivity contribution in [1.82, 2.24) is 9.36 Å². The molecule has 140 valence electrons. The SMILES string of the molecule is Cc1ccc(C)c(NCC(=O)Nc2c(C)n(C)n(-c3ccccc3)c2=O)c1. The summed E-state index contributed by atoms with van der Waals surface area (Å²) in [5.41, 5.74) is 4.60. The number of rotatable bonds is 5. The van der Waals surface area contributed by atoms with Crippen LogP contribution in [0.1, 0.15) is 16.8 Å². The molecule has 27 heavy (non-hydrogen) atoms. The van der Waals surface area contributed by atoms with Crippen molar-refractivity contribution in [2.75, 3.05) is 17.2 Å². The fourth-order valence-corrected chi connectivity index (χ4v) is 3.00. The molecule has 1 heterocycles. The molecule has 6 nitrogen and oxygen atoms in total. The van der Waals surface area contributed by atoms with Crippen molar-refractivity contribution in [3.63, 3.8) is 0 Å². The second kappa shape index (κ2) is 7.53. The summed E-state index contributed by atoms with van der Waals surface area (Å²) in [5, 5.41) is 5.90. The third-order valence-corrected chi connectivity index (χ3v) is 4.65. The molecule has 2 aromatic carbocycles. The molecule has 6 heteroatoms. The zero-order chi connectivity index (χ0) is 19.6. The first-order chi connectivity index (χ1) is 12.9. The van der Waals surface area contributed by atoms with Crippen molar-refractivity contribution >= 4 is 17.3 Å². The van der Waals surface area contributed by atoms with E-state index in [0.717, 1.165) is 22.5 Å². The van der Waals surface area contributed by atoms with Crippen LogP contribution in [0.2, 0.25) is 0 Å². The number of anilines is 2. The molecule has 1 amide bonds. The smallest absolute Gasteiger partial charge is 0.295 e. The van der Waals surface area contributed by atoms with Gasteiger partial charge in [0, 0.05) is 12.7 Å². The third kappa shape index (κ3) is 3.79. The van der Waals surface area contributed by atoms with Gasteiger partial charge in [0.15, 0.2) is 0 Å². The standard InChI is InChI=1S/C21H24N4O2/c1-14-10-11-15(2)18(12-14)22-13-19(26)23-20-16(3)24(4)25(21(20)27)17-8-6-5-7-9-17/h5-12,22H,13H2,1-4H3,(H,23,26). The van der Waals surface area contributed by atoms with E-state index in [1.54, 1.807) is 16.4 Å². The minimum Gasteiger partial charge on any atom is -0.376 e. The van der Waals surface area contributed by atoms with E-state index < -0.39 is 0 Å². The third-order valence-electron chi connectivity index (χ3n) is 4.65. The van der Waals surface area contributed by atoms with Gasteiger partial charge >= 0.3 is 0 Å². The summed E-state index contributed by atoms with van der Waals surface area (Å²) in [5.74, 6) is -0.262. The number of hydrogen-bond acceptors (Lipinski definition) is 3. The second-order valence-electron chi connectivity index (χ2n) is 6.66. The first-order valence-corrected chi connectivity index (χ1v) is 8.83. The summed E-state index contributed by atoms with van der Waals surface area (Å²) >= 11 is 0. The maximum absolute atomic E-state index is 12.8. The van der Waals surface area contributed by atoms with Gasteiger partial charge in [-0.15, -0.1) is 0 Å². The number of benzene rings is 2. The highest BCUT2D eigenvalue weighted by Crippen LogP contribution is 2.17. The average molecular weight is 364 g/mol. The first kappa shape index (κ1) is 18.5. The second-order valence-corrected chi connectivity index (χ2v) is 6.66. The molecule has 0 radical (unpaired) electrons. The largest absolute Gasteiger partial charge is 0.376 e. The summed E-state index contributed by atoms with van der Waals surface area (Å²) < 4.78 is 3.29. The van der Waals surface area contributed by atoms with Crippen LogP contribution in [0.3, 0.4) is 0 Å². The molecule has 0 saturated carbocycles. The number of aryl methyl sites for hydroxylation is 2. The molecule has 0 aliphatic rings. The van der Waals surface area contributed by atoms with E-state index in [0.29, 0.717) is 11.4 Å². The highest BCUT2D eigenvalue weighted by Gasteiger charge is 2.18. The molecule has 0 bridgehead atoms. The fourth-order valence-electron chi connectivity index (χ4n) is 3.00. The van der Waals surface area contributed by atoms with Crippen LogP contribution in [-0.4, -0.2) is 21.8 Å². The van der Waals surface area contributed by atoms with E-state index in [1.165, 1.54) is 0 Å². The molecule has 0 aliphatic heterocycles. The molecular formula is C21H24N4O2. The number of nitrogens with zero attached hydrogens (tertiary/aromatic N) is 2. The van der Waals surface area contributed by atoms with Crippen molar-refractivity contribution in [2.45, 2.75) is 20.8 Å². The molecule has 0 saturated heterocycles. The number of amides is 1. The Bertz CT molecular complexity index is 1030. The fraction of sp³-hybridized carbons (Fsp3) is 0.238. The maximum Gasteiger partial charge on any atom is 0.295 e. The topological polar surface area (TPSA) is 68.1 Å². The van der Waals surface area contributed by atoms with Crippen molar-refractivity contribution in [2.24, 2.45) is 7.05 Å². The van der Waals surface area contributed by atoms with Crippen LogP contribution in [0.5, 0.6) is 0 Å². The maximum atomic E-state index is 12.8. The van der Waals surface area contributed by atoms with E-state index in [9.17, 15) is 9.59 Å². The molecule has 2 N–H and O–H groups in total. The van der Waals surface area contributed by atoms with Crippen molar-refractivity contribution in [1.29, 1.82) is 0 Å². The minimum atomic E-state index is -0.262. The van der Waals surface area contributed by atoms with E-state index in [1.807, 2.05) is 69.3 Å². The van der Waals surface area contributed by atoms with Crippen LogP contribution >= 0.6 is 0 Å². The Morgan fingerprint density at radius 3 is 2.44 bits per heavy atom. The van der Waals surface area contributed by atoms with Gasteiger partial charge in [0.2, 0.25) is 5.91 Å². The molecule has 3 rings (SSSR count). The van der Waals surface area contributed by atoms with E-state index >= 15 is 0 Å². The molecule has 3 aromatic rings. The Balaban J connectivity index is 1.79. The summed E-state index contributed by atoms with van der Waals surface area (Å²) in [4.78, 5) is 25.2. The van der Waals surface area contributed by atoms with Gasteiger partial charge in [-0.2, -0.15) is 0 Å². The minimum absolute atomic E-state index is 0.0867. The predicted octanol–water partition coefficient (Wildman–Crippen LogP) is 3.15. The Hall–Kier alpha value is -3.28. The van der Waals surface area contributed by atoms with E-state index in [-0.39, 0.29) is 18.0 Å². The zero-order valence-electron chi connectivity index (χ0n) is 16.0. The summed E-state index contributed by atoms with van der Waals surface area (Å²) in [6, 6.07) is 15.4. The lowest BCUT2D eigenvalue weighted by Gasteiger charge is -2.10. The van der Waals surface area contributed by atoms with Gasteiger partial charge < -0.3 is 10.6 Å². The van der Waals surface area contributed by atoms with Gasteiger partial charge in [-0.1, -0.05) is 30.3 Å². The summed E-state index contributed by atoms with van der Waals surface area (Å²) in [7, 11) is 1.80. The monoisotopic (exact) mass is 364 g/mol. The van der Waals surface area contributed by atoms with Crippen LogP contribution in [0.25, 0.3) is 5.69 Å². The number of aromatic nitrogens is 2. The molecule has 0 spiro atoms. The van der Waals surface area contributed by atoms with Crippen LogP contribution in [0.15, 0.2) is 53.3 Å². The van der Waals surface area contributed by atoms with Gasteiger partial charge in [-0.3, -0.25) is 14.3 Å². The van der Waals surface area contributed by atoms with E-state index in [4.69, 9.17) is 0 Å². The lowest BCUT2D eigenvalue weighted by Crippen LogP contribution is -2.26. The molecular weight excluding hydrogens is 340 g/mol. The van der Waals surface area contributed by atoms with Gasteiger partial charge in [0.05, 0.1) is 17.9 Å². The van der Waals surface area contributed by atoms with Crippen molar-refractivity contribution < 1.29 is 4.79 Å². The molecule has 1 aromatic heterocycles. The quantitative estimate of drug-likeness (QED) is 0.731. The normalized spacial score (nSPS) is 10.7. The summed E-state index contributed by atoms with van der Waals surface area (Å²) in [6.45, 7) is 5.89.